The molecule has 0 spiro atoms. The van der Waals surface area contributed by atoms with E-state index in [4.69, 9.17) is 27.3 Å². The van der Waals surface area contributed by atoms with Gasteiger partial charge in [-0.1, -0.05) is 25.5 Å². The fourth-order valence-electron chi connectivity index (χ4n) is 9.75. The largest absolute Gasteiger partial charge is 1.00 e. The summed E-state index contributed by atoms with van der Waals surface area (Å²) >= 11 is 0. The van der Waals surface area contributed by atoms with E-state index < -0.39 is 87.0 Å². The first-order valence-electron chi connectivity index (χ1n) is 16.3. The number of rotatable bonds is 9. The van der Waals surface area contributed by atoms with Crippen LogP contribution in [0.15, 0.2) is 11.6 Å². The Balaban J connectivity index is 0.00000338. The van der Waals surface area contributed by atoms with E-state index in [0.717, 1.165) is 26.7 Å². The number of esters is 2. The second-order valence-electron chi connectivity index (χ2n) is 14.5. The van der Waals surface area contributed by atoms with Crippen molar-refractivity contribution < 1.29 is 127 Å². The molecule has 0 N–H and O–H groups in total. The SMILES string of the molecule is CC(=O)O[C@@H]1[C@@H](OC(C)=O)[C@H](O[C@H]2C[C@@H]3C(=CC[C@]4(C)[C@@H](C(C)=O)CC[C@@H]34)[C@@]3(C)CC[C@H](OS(=O)(=O)[O-])C[C@H]23)O[C@H](C)[C@H]1OS(=O)(=O)[O-].[Na+].[Na+]. The summed E-state index contributed by atoms with van der Waals surface area (Å²) in [5.74, 6) is -2.00. The molecular weight excluding hydrogens is 722 g/mol. The van der Waals surface area contributed by atoms with Gasteiger partial charge < -0.3 is 28.1 Å². The average Bonchev–Trinajstić information content (AvgIpc) is 3.29. The normalized spacial score (nSPS) is 41.1. The molecule has 4 fully saturated rings. The Morgan fingerprint density at radius 3 is 2.00 bits per heavy atom. The van der Waals surface area contributed by atoms with Crippen LogP contribution < -0.4 is 59.1 Å². The molecule has 50 heavy (non-hydrogen) atoms. The number of allylic oxidation sites excluding steroid dienone is 2. The van der Waals surface area contributed by atoms with Gasteiger partial charge in [-0.25, -0.2) is 16.8 Å². The minimum Gasteiger partial charge on any atom is -0.726 e. The third-order valence-electron chi connectivity index (χ3n) is 11.6. The number of Topliss-reactive ketones (excluding diaryl/α,β-unsaturated/α-hetero) is 1. The van der Waals surface area contributed by atoms with Crippen molar-refractivity contribution >= 4 is 38.5 Å². The summed E-state index contributed by atoms with van der Waals surface area (Å²) in [6, 6.07) is 0. The first-order chi connectivity index (χ1) is 22.1. The molecule has 5 aliphatic rings. The van der Waals surface area contributed by atoms with Crippen molar-refractivity contribution in [3.05, 3.63) is 11.6 Å². The van der Waals surface area contributed by atoms with Gasteiger partial charge in [-0.05, 0) is 87.4 Å². The van der Waals surface area contributed by atoms with Gasteiger partial charge in [-0.3, -0.25) is 22.7 Å². The zero-order valence-electron chi connectivity index (χ0n) is 29.8. The van der Waals surface area contributed by atoms with Gasteiger partial charge >= 0.3 is 71.1 Å². The number of hydrogen-bond donors (Lipinski definition) is 0. The van der Waals surface area contributed by atoms with Crippen LogP contribution in [-0.4, -0.2) is 86.6 Å². The van der Waals surface area contributed by atoms with E-state index in [2.05, 4.69) is 19.9 Å². The van der Waals surface area contributed by atoms with Crippen molar-refractivity contribution in [3.63, 3.8) is 0 Å². The van der Waals surface area contributed by atoms with Crippen LogP contribution in [-0.2, 0) is 62.5 Å². The number of hydrogen-bond acceptors (Lipinski definition) is 15. The first kappa shape index (κ1) is 44.4. The van der Waals surface area contributed by atoms with Gasteiger partial charge in [-0.2, -0.15) is 0 Å². The van der Waals surface area contributed by atoms with E-state index in [1.54, 1.807) is 6.92 Å². The Hall–Kier alpha value is 0.0100. The monoisotopic (exact) mass is 766 g/mol. The Bertz CT molecular complexity index is 1550. The molecule has 0 amide bonds. The van der Waals surface area contributed by atoms with E-state index >= 15 is 0 Å². The molecule has 1 saturated heterocycles. The van der Waals surface area contributed by atoms with Crippen molar-refractivity contribution in [1.29, 1.82) is 0 Å². The van der Waals surface area contributed by atoms with Crippen molar-refractivity contribution in [1.82, 2.24) is 0 Å². The molecule has 3 saturated carbocycles. The smallest absolute Gasteiger partial charge is 0.726 e. The topological polar surface area (TPSA) is 221 Å². The van der Waals surface area contributed by atoms with E-state index in [0.29, 0.717) is 25.7 Å². The van der Waals surface area contributed by atoms with Crippen LogP contribution in [0.25, 0.3) is 0 Å². The summed E-state index contributed by atoms with van der Waals surface area (Å²) in [6.07, 6.45) is -3.34. The molecule has 0 aromatic carbocycles. The summed E-state index contributed by atoms with van der Waals surface area (Å²) in [5.41, 5.74) is 0.379. The van der Waals surface area contributed by atoms with E-state index in [9.17, 15) is 40.3 Å². The van der Waals surface area contributed by atoms with Gasteiger partial charge in [-0.15, -0.1) is 0 Å². The number of carbonyl (C=O) groups is 3. The van der Waals surface area contributed by atoms with Crippen LogP contribution in [0, 0.1) is 34.5 Å². The summed E-state index contributed by atoms with van der Waals surface area (Å²) in [6.45, 7) is 9.36. The zero-order valence-corrected chi connectivity index (χ0v) is 35.5. The molecule has 272 valence electrons. The first-order valence-corrected chi connectivity index (χ1v) is 18.9. The van der Waals surface area contributed by atoms with Gasteiger partial charge in [0.15, 0.2) is 18.5 Å². The van der Waals surface area contributed by atoms with Gasteiger partial charge in [0.25, 0.3) is 0 Å². The number of ketones is 1. The summed E-state index contributed by atoms with van der Waals surface area (Å²) < 4.78 is 103. The maximum Gasteiger partial charge on any atom is 1.00 e. The molecule has 1 aliphatic heterocycles. The zero-order chi connectivity index (χ0) is 35.6. The van der Waals surface area contributed by atoms with Crippen molar-refractivity contribution in [3.8, 4) is 0 Å². The van der Waals surface area contributed by atoms with E-state index in [-0.39, 0.29) is 94.5 Å². The van der Waals surface area contributed by atoms with Gasteiger partial charge in [0, 0.05) is 19.8 Å². The van der Waals surface area contributed by atoms with Crippen LogP contribution in [0.1, 0.15) is 86.5 Å². The third-order valence-corrected chi connectivity index (χ3v) is 12.6. The summed E-state index contributed by atoms with van der Waals surface area (Å²) in [4.78, 5) is 37.2. The maximum absolute atomic E-state index is 12.7. The summed E-state index contributed by atoms with van der Waals surface area (Å²) in [7, 11) is -10.3. The van der Waals surface area contributed by atoms with Crippen LogP contribution >= 0.6 is 0 Å². The minimum atomic E-state index is -5.33. The van der Waals surface area contributed by atoms with Crippen LogP contribution in [0.4, 0.5) is 0 Å². The van der Waals surface area contributed by atoms with Crippen LogP contribution in [0.2, 0.25) is 0 Å². The Morgan fingerprint density at radius 2 is 1.44 bits per heavy atom. The minimum absolute atomic E-state index is 0. The van der Waals surface area contributed by atoms with Crippen molar-refractivity contribution in [2.75, 3.05) is 0 Å². The number of fused-ring (bicyclic) bond motifs is 5. The fraction of sp³-hybridized carbons (Fsp3) is 0.839. The molecule has 15 nitrogen and oxygen atoms in total. The van der Waals surface area contributed by atoms with Crippen LogP contribution in [0.5, 0.6) is 0 Å². The molecule has 0 bridgehead atoms. The molecule has 19 heteroatoms. The average molecular weight is 767 g/mol. The standard InChI is InChI=1S/C31H46O15S2.2Na/c1-15(32)21-7-8-22-20-14-25(24-13-19(45-47(35,36)37)9-11-31(24,6)23(20)10-12-30(21,22)5)44-29-28(43-18(4)34)27(42-17(3)33)26(16(2)41-29)46-48(38,39)40;;/h10,16,19-22,24-29H,7-9,11-14H2,1-6H3,(H,35,36,37)(H,38,39,40);;/q;2*+1/p-2/t16-,19+,20+,21-,22+,24-,25+,26-,27+,28-,29+,30-,31-;;/m1../s1. The molecule has 0 radical (unpaired) electrons. The van der Waals surface area contributed by atoms with Gasteiger partial charge in [0.2, 0.25) is 20.8 Å². The second-order valence-corrected chi connectivity index (χ2v) is 16.5. The molecule has 0 unspecified atom stereocenters. The predicted octanol–water partition coefficient (Wildman–Crippen LogP) is -3.54. The predicted molar refractivity (Wildman–Crippen MR) is 161 cm³/mol. The number of ether oxygens (including phenoxy) is 4. The van der Waals surface area contributed by atoms with Crippen molar-refractivity contribution in [2.45, 2.75) is 129 Å². The summed E-state index contributed by atoms with van der Waals surface area (Å²) in [5, 5.41) is 0. The molecule has 13 atom stereocenters. The molecule has 0 aromatic rings. The quantitative estimate of drug-likeness (QED) is 0.0729. The third kappa shape index (κ3) is 9.27. The van der Waals surface area contributed by atoms with Gasteiger partial charge in [0.1, 0.15) is 11.9 Å². The Labute approximate surface area is 338 Å². The fourth-order valence-corrected chi connectivity index (χ4v) is 10.8. The molecule has 0 aromatic heterocycles. The Morgan fingerprint density at radius 1 is 0.840 bits per heavy atom. The van der Waals surface area contributed by atoms with E-state index in [1.165, 1.54) is 12.5 Å². The molecular formula is C31H44Na2O15S2. The van der Waals surface area contributed by atoms with E-state index in [1.807, 2.05) is 0 Å². The maximum atomic E-state index is 12.7. The van der Waals surface area contributed by atoms with Crippen molar-refractivity contribution in [2.24, 2.45) is 34.5 Å². The van der Waals surface area contributed by atoms with Gasteiger partial charge in [0.05, 0.1) is 18.3 Å². The Kier molecular flexibility index (Phi) is 14.6. The second kappa shape index (κ2) is 16.4. The molecule has 1 heterocycles. The molecule has 5 rings (SSSR count). The number of carbonyl (C=O) groups excluding carboxylic acids is 3. The molecule has 4 aliphatic carbocycles. The van der Waals surface area contributed by atoms with Crippen LogP contribution in [0.3, 0.4) is 0 Å².